The fourth-order valence-electron chi connectivity index (χ4n) is 0.280. The average molecular weight is 99.1 g/mol. The highest BCUT2D eigenvalue weighted by molar-refractivity contribution is 4.74. The number of rotatable bonds is 0. The fraction of sp³-hybridized carbons (Fsp3) is 0.250. The van der Waals surface area contributed by atoms with E-state index < -0.39 is 5.82 Å². The van der Waals surface area contributed by atoms with E-state index in [1.54, 1.807) is 6.92 Å². The lowest BCUT2D eigenvalue weighted by Crippen LogP contribution is -1.84. The van der Waals surface area contributed by atoms with Gasteiger partial charge in [-0.05, 0) is 6.92 Å². The maximum Gasteiger partial charge on any atom is 0.519 e. The molecular formula is C4H3O3. The van der Waals surface area contributed by atoms with E-state index >= 15 is 0 Å². The quantitative estimate of drug-likeness (QED) is 0.471. The maximum absolute atomic E-state index is 9.93. The third-order valence-corrected chi connectivity index (χ3v) is 0.515. The van der Waals surface area contributed by atoms with E-state index in [0.717, 1.165) is 0 Å². The molecule has 0 aliphatic carbocycles. The molecule has 0 aliphatic rings. The van der Waals surface area contributed by atoms with Gasteiger partial charge in [0.1, 0.15) is 0 Å². The molecule has 0 bridgehead atoms. The van der Waals surface area contributed by atoms with Gasteiger partial charge in [0.25, 0.3) is 0 Å². The van der Waals surface area contributed by atoms with Crippen LogP contribution in [0.5, 0.6) is 0 Å². The van der Waals surface area contributed by atoms with E-state index in [2.05, 4.69) is 15.1 Å². The zero-order valence-electron chi connectivity index (χ0n) is 3.72. The molecule has 7 heavy (non-hydrogen) atoms. The predicted molar refractivity (Wildman–Crippen MR) is 20.8 cm³/mol. The molecular weight excluding hydrogens is 96.0 g/mol. The Bertz CT molecular complexity index is 195. The first-order valence-corrected chi connectivity index (χ1v) is 1.77. The van der Waals surface area contributed by atoms with Crippen molar-refractivity contribution in [2.45, 2.75) is 6.92 Å². The summed E-state index contributed by atoms with van der Waals surface area (Å²) in [5, 5.41) is 0. The van der Waals surface area contributed by atoms with Crippen molar-refractivity contribution in [2.75, 3.05) is 0 Å². The van der Waals surface area contributed by atoms with Crippen molar-refractivity contribution < 1.29 is 8.83 Å². The Hall–Kier alpha value is -0.990. The minimum atomic E-state index is -0.697. The molecule has 1 heterocycles. The summed E-state index contributed by atoms with van der Waals surface area (Å²) < 4.78 is 8.42. The van der Waals surface area contributed by atoms with Crippen LogP contribution < -0.4 is 5.82 Å². The van der Waals surface area contributed by atoms with Crippen LogP contribution in [0.2, 0.25) is 0 Å². The van der Waals surface area contributed by atoms with Crippen LogP contribution in [-0.2, 0) is 0 Å². The van der Waals surface area contributed by atoms with Gasteiger partial charge in [0.2, 0.25) is 6.26 Å². The Morgan fingerprint density at radius 2 is 2.43 bits per heavy atom. The van der Waals surface area contributed by atoms with Crippen molar-refractivity contribution in [1.82, 2.24) is 0 Å². The van der Waals surface area contributed by atoms with Gasteiger partial charge in [0, 0.05) is 0 Å². The van der Waals surface area contributed by atoms with Crippen molar-refractivity contribution in [3.05, 3.63) is 22.6 Å². The fourth-order valence-corrected chi connectivity index (χ4v) is 0.280. The highest BCUT2D eigenvalue weighted by atomic mass is 16.6. The Kier molecular flexibility index (Phi) is 0.749. The van der Waals surface area contributed by atoms with Gasteiger partial charge in [0.15, 0.2) is 5.76 Å². The summed E-state index contributed by atoms with van der Waals surface area (Å²) in [6.07, 6.45) is 2.21. The lowest BCUT2D eigenvalue weighted by Gasteiger charge is -1.61. The Morgan fingerprint density at radius 3 is 2.57 bits per heavy atom. The van der Waals surface area contributed by atoms with Crippen LogP contribution in [0.1, 0.15) is 5.76 Å². The molecule has 0 unspecified atom stereocenters. The smallest absolute Gasteiger partial charge is 0.395 e. The van der Waals surface area contributed by atoms with Gasteiger partial charge in [-0.1, -0.05) is 0 Å². The standard InChI is InChI=1S/C4H3O3/c1-3-2-6-4(5)7-3/h1H3. The first-order chi connectivity index (χ1) is 3.29. The molecule has 0 saturated carbocycles. The second-order valence-electron chi connectivity index (χ2n) is 1.11. The second kappa shape index (κ2) is 1.26. The lowest BCUT2D eigenvalue weighted by atomic mass is 10.6. The summed E-state index contributed by atoms with van der Waals surface area (Å²) >= 11 is 0. The highest BCUT2D eigenvalue weighted by Crippen LogP contribution is 1.85. The minimum absolute atomic E-state index is 0.380. The average Bonchev–Trinajstić information content (AvgIpc) is 1.87. The van der Waals surface area contributed by atoms with E-state index in [4.69, 9.17) is 0 Å². The van der Waals surface area contributed by atoms with Crippen LogP contribution in [0.15, 0.2) is 13.6 Å². The first kappa shape index (κ1) is 4.18. The second-order valence-corrected chi connectivity index (χ2v) is 1.11. The molecule has 3 heteroatoms. The lowest BCUT2D eigenvalue weighted by molar-refractivity contribution is 0.377. The van der Waals surface area contributed by atoms with Crippen molar-refractivity contribution in [2.24, 2.45) is 0 Å². The summed E-state index contributed by atoms with van der Waals surface area (Å²) in [5.74, 6) is -0.317. The van der Waals surface area contributed by atoms with E-state index in [1.165, 1.54) is 0 Å². The van der Waals surface area contributed by atoms with Gasteiger partial charge in [0.05, 0.1) is 0 Å². The molecule has 0 saturated heterocycles. The van der Waals surface area contributed by atoms with Gasteiger partial charge in [-0.3, -0.25) is 0 Å². The van der Waals surface area contributed by atoms with Crippen LogP contribution in [0.25, 0.3) is 0 Å². The molecule has 37 valence electrons. The molecule has 0 aromatic carbocycles. The molecule has 0 fully saturated rings. The third-order valence-electron chi connectivity index (χ3n) is 0.515. The Balaban J connectivity index is 3.30. The van der Waals surface area contributed by atoms with Gasteiger partial charge in [-0.2, -0.15) is 0 Å². The third kappa shape index (κ3) is 0.707. The number of hydrogen-bond acceptors (Lipinski definition) is 3. The highest BCUT2D eigenvalue weighted by Gasteiger charge is 1.90. The first-order valence-electron chi connectivity index (χ1n) is 1.77. The van der Waals surface area contributed by atoms with Crippen LogP contribution in [-0.4, -0.2) is 0 Å². The van der Waals surface area contributed by atoms with Gasteiger partial charge >= 0.3 is 5.82 Å². The summed E-state index contributed by atoms with van der Waals surface area (Å²) in [7, 11) is 0. The monoisotopic (exact) mass is 99.0 g/mol. The molecule has 3 nitrogen and oxygen atoms in total. The SMILES string of the molecule is Cc1[c]oc(=O)o1. The van der Waals surface area contributed by atoms with Crippen LogP contribution >= 0.6 is 0 Å². The van der Waals surface area contributed by atoms with Crippen LogP contribution in [0.3, 0.4) is 0 Å². The minimum Gasteiger partial charge on any atom is -0.395 e. The molecule has 0 spiro atoms. The predicted octanol–water partition coefficient (Wildman–Crippen LogP) is 0.341. The summed E-state index contributed by atoms with van der Waals surface area (Å²) in [5.41, 5.74) is 0. The zero-order valence-corrected chi connectivity index (χ0v) is 3.72. The zero-order chi connectivity index (χ0) is 5.28. The van der Waals surface area contributed by atoms with E-state index in [-0.39, 0.29) is 0 Å². The normalized spacial score (nSPS) is 9.29. The summed E-state index contributed by atoms with van der Waals surface area (Å²) in [4.78, 5) is 9.93. The Labute approximate surface area is 39.6 Å². The van der Waals surface area contributed by atoms with E-state index in [9.17, 15) is 4.79 Å². The van der Waals surface area contributed by atoms with E-state index in [1.807, 2.05) is 0 Å². The van der Waals surface area contributed by atoms with Crippen molar-refractivity contribution in [3.63, 3.8) is 0 Å². The summed E-state index contributed by atoms with van der Waals surface area (Å²) in [6, 6.07) is 0. The topological polar surface area (TPSA) is 43.4 Å². The van der Waals surface area contributed by atoms with Crippen LogP contribution in [0, 0.1) is 13.2 Å². The molecule has 1 rings (SSSR count). The maximum atomic E-state index is 9.93. The number of aryl methyl sites for hydroxylation is 1. The molecule has 0 N–H and O–H groups in total. The molecule has 1 radical (unpaired) electrons. The van der Waals surface area contributed by atoms with Crippen molar-refractivity contribution in [1.29, 1.82) is 0 Å². The molecule has 0 amide bonds. The number of hydrogen-bond donors (Lipinski definition) is 0. The van der Waals surface area contributed by atoms with E-state index in [0.29, 0.717) is 5.76 Å². The molecule has 1 aromatic rings. The summed E-state index contributed by atoms with van der Waals surface area (Å²) in [6.45, 7) is 1.59. The van der Waals surface area contributed by atoms with Gasteiger partial charge in [-0.15, -0.1) is 0 Å². The Morgan fingerprint density at radius 1 is 1.71 bits per heavy atom. The largest absolute Gasteiger partial charge is 0.519 e. The molecule has 0 aliphatic heterocycles. The van der Waals surface area contributed by atoms with Crippen molar-refractivity contribution in [3.8, 4) is 0 Å². The van der Waals surface area contributed by atoms with Crippen LogP contribution in [0.4, 0.5) is 0 Å². The molecule has 1 aromatic heterocycles. The van der Waals surface area contributed by atoms with Gasteiger partial charge < -0.3 is 8.83 Å². The van der Waals surface area contributed by atoms with Crippen molar-refractivity contribution >= 4 is 0 Å². The molecule has 0 atom stereocenters. The van der Waals surface area contributed by atoms with Gasteiger partial charge in [-0.25, -0.2) is 4.79 Å².